The molecule has 0 radical (unpaired) electrons. The maximum absolute atomic E-state index is 13.5. The van der Waals surface area contributed by atoms with Gasteiger partial charge in [-0.25, -0.2) is 13.8 Å². The van der Waals surface area contributed by atoms with E-state index in [9.17, 15) is 17.6 Å². The highest BCUT2D eigenvalue weighted by atomic mass is 31.0. The molecule has 230 valence electrons. The van der Waals surface area contributed by atoms with Gasteiger partial charge in [0, 0.05) is 43.4 Å². The summed E-state index contributed by atoms with van der Waals surface area (Å²) in [5.74, 6) is -2.60. The Morgan fingerprint density at radius 2 is 1.70 bits per heavy atom. The lowest BCUT2D eigenvalue weighted by molar-refractivity contribution is -0.0892. The molecular weight excluding hydrogens is 585 g/mol. The van der Waals surface area contributed by atoms with Crippen molar-refractivity contribution in [2.24, 2.45) is 7.05 Å². The van der Waals surface area contributed by atoms with Crippen molar-refractivity contribution in [3.05, 3.63) is 138 Å². The fourth-order valence-corrected chi connectivity index (χ4v) is 5.02. The fraction of sp³-hybridized carbons (Fsp3) is 0.229. The summed E-state index contributed by atoms with van der Waals surface area (Å²) >= 11 is 0. The molecule has 9 heteroatoms. The van der Waals surface area contributed by atoms with E-state index >= 15 is 0 Å². The van der Waals surface area contributed by atoms with E-state index in [4.69, 9.17) is 4.98 Å². The van der Waals surface area contributed by atoms with E-state index in [0.29, 0.717) is 19.6 Å². The van der Waals surface area contributed by atoms with E-state index in [0.717, 1.165) is 45.9 Å². The van der Waals surface area contributed by atoms with Crippen LogP contribution in [0.15, 0.2) is 110 Å². The van der Waals surface area contributed by atoms with Gasteiger partial charge in [0.25, 0.3) is 6.43 Å². The van der Waals surface area contributed by atoms with Gasteiger partial charge in [-0.15, -0.1) is 0 Å². The second-order valence-corrected chi connectivity index (χ2v) is 11.0. The molecule has 0 aliphatic rings. The highest BCUT2D eigenvalue weighted by Gasteiger charge is 2.24. The van der Waals surface area contributed by atoms with Crippen molar-refractivity contribution >= 4 is 14.8 Å². The Bertz CT molecular complexity index is 1590. The number of hydrogen-bond donors (Lipinski definition) is 0. The zero-order valence-corrected chi connectivity index (χ0v) is 25.9. The van der Waals surface area contributed by atoms with E-state index in [1.54, 1.807) is 24.3 Å². The first-order chi connectivity index (χ1) is 21.1. The predicted octanol–water partition coefficient (Wildman–Crippen LogP) is 9.57. The third kappa shape index (κ3) is 9.01. The van der Waals surface area contributed by atoms with E-state index in [2.05, 4.69) is 29.2 Å². The molecule has 0 amide bonds. The molecule has 0 spiro atoms. The number of halogens is 4. The molecule has 0 aliphatic heterocycles. The molecule has 4 aromatic rings. The Labute approximate surface area is 258 Å². The van der Waals surface area contributed by atoms with Crippen molar-refractivity contribution in [1.82, 2.24) is 14.5 Å². The molecule has 0 N–H and O–H groups in total. The van der Waals surface area contributed by atoms with Crippen LogP contribution in [-0.4, -0.2) is 20.3 Å². The maximum Gasteiger partial charge on any atom is 0.408 e. The number of rotatable bonds is 14. The van der Waals surface area contributed by atoms with Gasteiger partial charge in [0.2, 0.25) is 0 Å². The number of nitrogens with zero attached hydrogens (tertiary/aromatic N) is 3. The molecule has 1 heterocycles. The average molecular weight is 622 g/mol. The van der Waals surface area contributed by atoms with Gasteiger partial charge in [-0.05, 0) is 45.0 Å². The van der Waals surface area contributed by atoms with Crippen LogP contribution in [0.1, 0.15) is 48.0 Å². The first-order valence-corrected chi connectivity index (χ1v) is 14.8. The van der Waals surface area contributed by atoms with E-state index in [1.165, 1.54) is 33.5 Å². The van der Waals surface area contributed by atoms with Crippen LogP contribution in [0.3, 0.4) is 0 Å². The molecular formula is C35H36F4N3OP. The minimum atomic E-state index is -3.38. The Morgan fingerprint density at radius 1 is 1.00 bits per heavy atom. The zero-order chi connectivity index (χ0) is 31.7. The summed E-state index contributed by atoms with van der Waals surface area (Å²) in [5, 5.41) is 0. The van der Waals surface area contributed by atoms with Gasteiger partial charge in [-0.1, -0.05) is 98.5 Å². The highest BCUT2D eigenvalue weighted by Crippen LogP contribution is 2.31. The van der Waals surface area contributed by atoms with Crippen LogP contribution in [-0.2, 0) is 26.7 Å². The number of imidazole rings is 1. The maximum atomic E-state index is 13.5. The van der Waals surface area contributed by atoms with Gasteiger partial charge < -0.3 is 9.30 Å². The third-order valence-electron chi connectivity index (χ3n) is 6.95. The van der Waals surface area contributed by atoms with Crippen molar-refractivity contribution in [2.45, 2.75) is 45.3 Å². The van der Waals surface area contributed by atoms with E-state index in [1.807, 2.05) is 60.2 Å². The minimum Gasteiger partial charge on any atom is -0.430 e. The van der Waals surface area contributed by atoms with Crippen molar-refractivity contribution < 1.29 is 22.3 Å². The molecule has 3 aromatic carbocycles. The van der Waals surface area contributed by atoms with Gasteiger partial charge in [-0.2, -0.15) is 8.78 Å². The largest absolute Gasteiger partial charge is 0.430 e. The summed E-state index contributed by atoms with van der Waals surface area (Å²) in [5.41, 5.74) is 5.05. The van der Waals surface area contributed by atoms with Gasteiger partial charge in [0.15, 0.2) is 0 Å². The van der Waals surface area contributed by atoms with Crippen molar-refractivity contribution in [3.63, 3.8) is 0 Å². The molecule has 44 heavy (non-hydrogen) atoms. The van der Waals surface area contributed by atoms with Gasteiger partial charge in [-0.3, -0.25) is 4.90 Å². The summed E-state index contributed by atoms with van der Waals surface area (Å²) in [6, 6.07) is 22.7. The Morgan fingerprint density at radius 3 is 2.34 bits per heavy atom. The lowest BCUT2D eigenvalue weighted by Gasteiger charge is -2.24. The molecule has 0 aliphatic carbocycles. The summed E-state index contributed by atoms with van der Waals surface area (Å²) in [7, 11) is 3.31. The van der Waals surface area contributed by atoms with Crippen molar-refractivity contribution in [3.8, 4) is 17.0 Å². The molecule has 1 unspecified atom stereocenters. The number of aromatic nitrogens is 2. The normalized spacial score (nSPS) is 12.4. The van der Waals surface area contributed by atoms with Gasteiger partial charge >= 0.3 is 5.85 Å². The monoisotopic (exact) mass is 621 g/mol. The topological polar surface area (TPSA) is 30.3 Å². The minimum absolute atomic E-state index is 0.0356. The van der Waals surface area contributed by atoms with Crippen LogP contribution in [0.5, 0.6) is 5.75 Å². The summed E-state index contributed by atoms with van der Waals surface area (Å²) in [6.07, 6.45) is 6.11. The van der Waals surface area contributed by atoms with Crippen molar-refractivity contribution in [2.75, 3.05) is 0 Å². The zero-order valence-electron chi connectivity index (χ0n) is 24.8. The Balaban J connectivity index is 1.76. The van der Waals surface area contributed by atoms with Gasteiger partial charge in [0.1, 0.15) is 11.6 Å². The Hall–Kier alpha value is -4.00. The fourth-order valence-electron chi connectivity index (χ4n) is 4.88. The molecule has 4 rings (SSSR count). The quantitative estimate of drug-likeness (QED) is 0.0798. The molecule has 0 saturated carbocycles. The number of allylic oxidation sites excluding steroid dienone is 5. The van der Waals surface area contributed by atoms with Gasteiger partial charge in [0.05, 0.1) is 11.4 Å². The van der Waals surface area contributed by atoms with Crippen LogP contribution in [0.4, 0.5) is 17.6 Å². The van der Waals surface area contributed by atoms with Crippen LogP contribution in [0.2, 0.25) is 0 Å². The molecule has 4 nitrogen and oxygen atoms in total. The highest BCUT2D eigenvalue weighted by molar-refractivity contribution is 7.17. The van der Waals surface area contributed by atoms with Crippen LogP contribution in [0.25, 0.3) is 16.8 Å². The Kier molecular flexibility index (Phi) is 11.3. The number of hydrogen-bond acceptors (Lipinski definition) is 3. The molecule has 0 fully saturated rings. The summed E-state index contributed by atoms with van der Waals surface area (Å²) in [4.78, 5) is 7.17. The predicted molar refractivity (Wildman–Crippen MR) is 172 cm³/mol. The molecule has 0 saturated heterocycles. The standard InChI is InChI=1S/C35H36F4N3OP/c1-4-6-8-13-27(5-2)34-40-32(28-14-9-7-10-15-28)31(41(34)3)24-42(23-26-12-11-16-29(21-26)33(36)37)22-25-17-19-30(20-18-25)43-35(38,39)44/h5-21,33H,2,4,22-24,44H2,1,3H3/b8-6-,27-13+. The number of benzene rings is 3. The van der Waals surface area contributed by atoms with Crippen LogP contribution in [0, 0.1) is 0 Å². The van der Waals surface area contributed by atoms with E-state index < -0.39 is 12.3 Å². The summed E-state index contributed by atoms with van der Waals surface area (Å²) < 4.78 is 60.4. The molecule has 0 bridgehead atoms. The summed E-state index contributed by atoms with van der Waals surface area (Å²) in [6.45, 7) is 7.27. The van der Waals surface area contributed by atoms with Crippen LogP contribution >= 0.6 is 9.24 Å². The smallest absolute Gasteiger partial charge is 0.408 e. The molecule has 1 aromatic heterocycles. The van der Waals surface area contributed by atoms with Crippen molar-refractivity contribution in [1.29, 1.82) is 0 Å². The third-order valence-corrected chi connectivity index (χ3v) is 7.07. The SMILES string of the molecule is C=C/C(=C\C=C/CC)c1nc(-c2ccccc2)c(CN(Cc2ccc(OC(F)(F)P)cc2)Cc2cccc(C(F)F)c2)n1C. The lowest BCUT2D eigenvalue weighted by atomic mass is 10.1. The number of ether oxygens (including phenoxy) is 1. The first kappa shape index (κ1) is 32.9. The first-order valence-electron chi connectivity index (χ1n) is 14.2. The van der Waals surface area contributed by atoms with Crippen LogP contribution < -0.4 is 4.74 Å². The number of alkyl halides is 4. The average Bonchev–Trinajstić information content (AvgIpc) is 3.31. The second-order valence-electron chi connectivity index (χ2n) is 10.3. The molecule has 1 atom stereocenters. The van der Waals surface area contributed by atoms with E-state index in [-0.39, 0.29) is 11.3 Å². The lowest BCUT2D eigenvalue weighted by Crippen LogP contribution is -2.24. The second kappa shape index (κ2) is 15.1.